The summed E-state index contributed by atoms with van der Waals surface area (Å²) >= 11 is 2.25. The van der Waals surface area contributed by atoms with E-state index in [2.05, 4.69) is 19.9 Å². The molecular weight excluding hydrogens is 309 g/mol. The molecular formula is C11H5F3N4S2. The number of rotatable bonds is 2. The fraction of sp³-hybridized carbons (Fsp3) is 0.0909. The van der Waals surface area contributed by atoms with Crippen molar-refractivity contribution in [2.75, 3.05) is 0 Å². The van der Waals surface area contributed by atoms with Gasteiger partial charge in [-0.25, -0.2) is 19.9 Å². The molecule has 20 heavy (non-hydrogen) atoms. The Labute approximate surface area is 119 Å². The predicted octanol–water partition coefficient (Wildman–Crippen LogP) is 3.74. The van der Waals surface area contributed by atoms with Gasteiger partial charge < -0.3 is 0 Å². The van der Waals surface area contributed by atoms with Gasteiger partial charge in [0.05, 0.1) is 0 Å². The van der Waals surface area contributed by atoms with Crippen LogP contribution in [-0.2, 0) is 6.18 Å². The molecule has 0 atom stereocenters. The molecule has 0 saturated carbocycles. The summed E-state index contributed by atoms with van der Waals surface area (Å²) in [6.45, 7) is 0. The van der Waals surface area contributed by atoms with Gasteiger partial charge in [-0.3, -0.25) is 0 Å². The highest BCUT2D eigenvalue weighted by molar-refractivity contribution is 7.13. The Kier molecular flexibility index (Phi) is 3.22. The van der Waals surface area contributed by atoms with Crippen LogP contribution in [0.5, 0.6) is 0 Å². The second kappa shape index (κ2) is 4.91. The first kappa shape index (κ1) is 13.1. The summed E-state index contributed by atoms with van der Waals surface area (Å²) in [6.07, 6.45) is -1.34. The molecule has 0 unspecified atom stereocenters. The molecule has 0 aliphatic carbocycles. The topological polar surface area (TPSA) is 51.6 Å². The quantitative estimate of drug-likeness (QED) is 0.723. The Morgan fingerprint density at radius 3 is 2.45 bits per heavy atom. The second-order valence-corrected chi connectivity index (χ2v) is 5.39. The molecule has 3 rings (SSSR count). The fourth-order valence-electron chi connectivity index (χ4n) is 1.44. The lowest BCUT2D eigenvalue weighted by atomic mass is 10.4. The molecule has 0 aliphatic rings. The summed E-state index contributed by atoms with van der Waals surface area (Å²) in [7, 11) is 0. The van der Waals surface area contributed by atoms with Crippen LogP contribution in [0.25, 0.3) is 21.5 Å². The van der Waals surface area contributed by atoms with Crippen LogP contribution in [0.4, 0.5) is 13.2 Å². The van der Waals surface area contributed by atoms with Gasteiger partial charge in [0.1, 0.15) is 10.7 Å². The van der Waals surface area contributed by atoms with Gasteiger partial charge in [-0.2, -0.15) is 13.2 Å². The first-order valence-electron chi connectivity index (χ1n) is 5.30. The van der Waals surface area contributed by atoms with E-state index in [1.165, 1.54) is 17.5 Å². The van der Waals surface area contributed by atoms with Crippen molar-refractivity contribution in [2.24, 2.45) is 0 Å². The number of hydrogen-bond acceptors (Lipinski definition) is 6. The number of alkyl halides is 3. The van der Waals surface area contributed by atoms with Crippen molar-refractivity contribution in [3.63, 3.8) is 0 Å². The van der Waals surface area contributed by atoms with Crippen LogP contribution in [0.3, 0.4) is 0 Å². The molecule has 0 saturated heterocycles. The molecule has 102 valence electrons. The standard InChI is InChI=1S/C11H5F3N4S2/c12-11(13,14)7-5-20-10(18-7)8-15-2-1-6(17-8)9-16-3-4-19-9/h1-5H. The SMILES string of the molecule is FC(F)(F)c1csc(-c2nccc(-c3nccs3)n2)n1. The molecule has 0 radical (unpaired) electrons. The van der Waals surface area contributed by atoms with E-state index >= 15 is 0 Å². The molecule has 0 aromatic carbocycles. The van der Waals surface area contributed by atoms with Gasteiger partial charge >= 0.3 is 6.18 Å². The average molecular weight is 314 g/mol. The second-order valence-electron chi connectivity index (χ2n) is 3.64. The average Bonchev–Trinajstić information content (AvgIpc) is 3.10. The van der Waals surface area contributed by atoms with Crippen LogP contribution in [-0.4, -0.2) is 19.9 Å². The van der Waals surface area contributed by atoms with E-state index < -0.39 is 11.9 Å². The lowest BCUT2D eigenvalue weighted by Crippen LogP contribution is -2.05. The molecule has 3 aromatic rings. The van der Waals surface area contributed by atoms with Crippen LogP contribution >= 0.6 is 22.7 Å². The summed E-state index contributed by atoms with van der Waals surface area (Å²) in [5, 5.41) is 3.56. The molecule has 0 spiro atoms. The summed E-state index contributed by atoms with van der Waals surface area (Å²) < 4.78 is 37.5. The maximum absolute atomic E-state index is 12.5. The predicted molar refractivity (Wildman–Crippen MR) is 69.3 cm³/mol. The number of thiazole rings is 2. The van der Waals surface area contributed by atoms with Crippen LogP contribution < -0.4 is 0 Å². The Morgan fingerprint density at radius 2 is 1.80 bits per heavy atom. The summed E-state index contributed by atoms with van der Waals surface area (Å²) in [5.41, 5.74) is -0.366. The van der Waals surface area contributed by atoms with Gasteiger partial charge in [0.2, 0.25) is 0 Å². The van der Waals surface area contributed by atoms with Crippen molar-refractivity contribution in [2.45, 2.75) is 6.18 Å². The molecule has 0 fully saturated rings. The lowest BCUT2D eigenvalue weighted by Gasteiger charge is -2.00. The zero-order valence-electron chi connectivity index (χ0n) is 9.63. The third kappa shape index (κ3) is 2.54. The zero-order chi connectivity index (χ0) is 14.2. The van der Waals surface area contributed by atoms with Gasteiger partial charge in [-0.1, -0.05) is 0 Å². The van der Waals surface area contributed by atoms with Crippen molar-refractivity contribution in [3.8, 4) is 21.5 Å². The summed E-state index contributed by atoms with van der Waals surface area (Å²) in [6, 6.07) is 1.65. The number of aromatic nitrogens is 4. The van der Waals surface area contributed by atoms with Gasteiger partial charge in [0.15, 0.2) is 16.5 Å². The molecule has 9 heteroatoms. The van der Waals surface area contributed by atoms with E-state index in [0.717, 1.165) is 16.7 Å². The van der Waals surface area contributed by atoms with E-state index in [1.807, 2.05) is 0 Å². The van der Waals surface area contributed by atoms with Crippen molar-refractivity contribution >= 4 is 22.7 Å². The Hall–Kier alpha value is -1.87. The third-order valence-corrected chi connectivity index (χ3v) is 3.93. The van der Waals surface area contributed by atoms with Crippen LogP contribution in [0.15, 0.2) is 29.2 Å². The van der Waals surface area contributed by atoms with Crippen LogP contribution in [0.1, 0.15) is 5.69 Å². The highest BCUT2D eigenvalue weighted by atomic mass is 32.1. The highest BCUT2D eigenvalue weighted by Crippen LogP contribution is 2.32. The molecule has 0 aliphatic heterocycles. The van der Waals surface area contributed by atoms with E-state index in [9.17, 15) is 13.2 Å². The summed E-state index contributed by atoms with van der Waals surface area (Å²) in [5.74, 6) is 0.165. The first-order valence-corrected chi connectivity index (χ1v) is 7.06. The molecule has 0 amide bonds. The van der Waals surface area contributed by atoms with E-state index in [1.54, 1.807) is 17.6 Å². The maximum Gasteiger partial charge on any atom is 0.434 e. The van der Waals surface area contributed by atoms with Crippen molar-refractivity contribution in [3.05, 3.63) is 34.9 Å². The normalized spacial score (nSPS) is 11.8. The molecule has 3 aromatic heterocycles. The first-order chi connectivity index (χ1) is 9.54. The smallest absolute Gasteiger partial charge is 0.243 e. The number of halogens is 3. The number of hydrogen-bond donors (Lipinski definition) is 0. The van der Waals surface area contributed by atoms with Gasteiger partial charge in [-0.05, 0) is 6.07 Å². The Morgan fingerprint density at radius 1 is 0.950 bits per heavy atom. The Bertz CT molecular complexity index is 721. The zero-order valence-corrected chi connectivity index (χ0v) is 11.3. The molecule has 4 nitrogen and oxygen atoms in total. The summed E-state index contributed by atoms with van der Waals surface area (Å²) in [4.78, 5) is 15.8. The van der Waals surface area contributed by atoms with Gasteiger partial charge in [-0.15, -0.1) is 22.7 Å². The van der Waals surface area contributed by atoms with E-state index in [0.29, 0.717) is 10.7 Å². The monoisotopic (exact) mass is 314 g/mol. The van der Waals surface area contributed by atoms with E-state index in [-0.39, 0.29) is 10.8 Å². The van der Waals surface area contributed by atoms with Crippen molar-refractivity contribution < 1.29 is 13.2 Å². The molecule has 0 N–H and O–H groups in total. The van der Waals surface area contributed by atoms with Crippen LogP contribution in [0.2, 0.25) is 0 Å². The van der Waals surface area contributed by atoms with Crippen LogP contribution in [0, 0.1) is 0 Å². The van der Waals surface area contributed by atoms with Crippen molar-refractivity contribution in [1.82, 2.24) is 19.9 Å². The lowest BCUT2D eigenvalue weighted by molar-refractivity contribution is -0.140. The third-order valence-electron chi connectivity index (χ3n) is 2.29. The van der Waals surface area contributed by atoms with E-state index in [4.69, 9.17) is 0 Å². The minimum absolute atomic E-state index is 0.135. The maximum atomic E-state index is 12.5. The minimum Gasteiger partial charge on any atom is -0.243 e. The number of nitrogens with zero attached hydrogens (tertiary/aromatic N) is 4. The van der Waals surface area contributed by atoms with Gasteiger partial charge in [0, 0.05) is 23.2 Å². The molecule has 0 bridgehead atoms. The molecule has 3 heterocycles. The van der Waals surface area contributed by atoms with Gasteiger partial charge in [0.25, 0.3) is 0 Å². The Balaban J connectivity index is 1.99. The minimum atomic E-state index is -4.46. The fourth-order valence-corrected chi connectivity index (χ4v) is 2.81. The highest BCUT2D eigenvalue weighted by Gasteiger charge is 2.34. The largest absolute Gasteiger partial charge is 0.434 e. The van der Waals surface area contributed by atoms with Crippen molar-refractivity contribution in [1.29, 1.82) is 0 Å².